The molecule has 1 aromatic heterocycles. The molecular formula is C14H17N3O3S. The van der Waals surface area contributed by atoms with Gasteiger partial charge < -0.3 is 10.4 Å². The smallest absolute Gasteiger partial charge is 0.269 e. The van der Waals surface area contributed by atoms with Crippen LogP contribution in [0.1, 0.15) is 30.5 Å². The van der Waals surface area contributed by atoms with Crippen LogP contribution in [-0.4, -0.2) is 21.6 Å². The van der Waals surface area contributed by atoms with Gasteiger partial charge in [0.05, 0.1) is 16.6 Å². The zero-order valence-corrected chi connectivity index (χ0v) is 12.6. The van der Waals surface area contributed by atoms with E-state index in [2.05, 4.69) is 10.3 Å². The fourth-order valence-corrected chi connectivity index (χ4v) is 2.63. The highest BCUT2D eigenvalue weighted by Crippen LogP contribution is 2.23. The molecule has 0 radical (unpaired) electrons. The minimum Gasteiger partial charge on any atom is -0.387 e. The van der Waals surface area contributed by atoms with Crippen LogP contribution < -0.4 is 5.32 Å². The highest BCUT2D eigenvalue weighted by Gasteiger charge is 2.24. The summed E-state index contributed by atoms with van der Waals surface area (Å²) >= 11 is 1.55. The summed E-state index contributed by atoms with van der Waals surface area (Å²) in [5.74, 6) is 0. The first-order chi connectivity index (χ1) is 9.90. The van der Waals surface area contributed by atoms with Crippen molar-refractivity contribution >= 4 is 17.0 Å². The van der Waals surface area contributed by atoms with Crippen molar-refractivity contribution in [2.75, 3.05) is 6.54 Å². The Hall–Kier alpha value is -1.83. The van der Waals surface area contributed by atoms with Gasteiger partial charge in [0.2, 0.25) is 0 Å². The molecule has 0 fully saturated rings. The molecule has 2 rings (SSSR count). The summed E-state index contributed by atoms with van der Waals surface area (Å²) in [6.45, 7) is 4.33. The van der Waals surface area contributed by atoms with Crippen molar-refractivity contribution in [2.24, 2.45) is 0 Å². The lowest BCUT2D eigenvalue weighted by Crippen LogP contribution is -2.39. The van der Waals surface area contributed by atoms with Gasteiger partial charge in [-0.15, -0.1) is 11.3 Å². The molecular weight excluding hydrogens is 290 g/mol. The first-order valence-electron chi connectivity index (χ1n) is 6.47. The largest absolute Gasteiger partial charge is 0.387 e. The predicted octanol–water partition coefficient (Wildman–Crippen LogP) is 2.61. The number of aliphatic hydroxyl groups is 1. The molecule has 0 bridgehead atoms. The Morgan fingerprint density at radius 2 is 2.10 bits per heavy atom. The lowest BCUT2D eigenvalue weighted by atomic mass is 10.0. The molecule has 21 heavy (non-hydrogen) atoms. The molecule has 1 aromatic carbocycles. The van der Waals surface area contributed by atoms with Crippen molar-refractivity contribution in [1.82, 2.24) is 10.3 Å². The van der Waals surface area contributed by atoms with E-state index >= 15 is 0 Å². The summed E-state index contributed by atoms with van der Waals surface area (Å²) in [4.78, 5) is 14.4. The minimum atomic E-state index is -0.731. The topological polar surface area (TPSA) is 88.3 Å². The standard InChI is InChI=1S/C14H17N3O3S/c1-14(2,13-15-7-8-21-13)16-9-12(18)10-3-5-11(6-4-10)17(19)20/h3-8,12,16,18H,9H2,1-2H3. The lowest BCUT2D eigenvalue weighted by Gasteiger charge is -2.25. The number of hydrogen-bond donors (Lipinski definition) is 2. The Labute approximate surface area is 126 Å². The van der Waals surface area contributed by atoms with Gasteiger partial charge in [-0.25, -0.2) is 4.98 Å². The molecule has 2 aromatic rings. The number of aromatic nitrogens is 1. The highest BCUT2D eigenvalue weighted by atomic mass is 32.1. The SMILES string of the molecule is CC(C)(NCC(O)c1ccc([N+](=O)[O-])cc1)c1nccs1. The monoisotopic (exact) mass is 307 g/mol. The number of hydrogen-bond acceptors (Lipinski definition) is 6. The number of nitro benzene ring substituents is 1. The Balaban J connectivity index is 1.98. The second kappa shape index (κ2) is 6.30. The van der Waals surface area contributed by atoms with E-state index in [4.69, 9.17) is 0 Å². The summed E-state index contributed by atoms with van der Waals surface area (Å²) in [6, 6.07) is 5.93. The number of thiazole rings is 1. The Morgan fingerprint density at radius 3 is 2.62 bits per heavy atom. The van der Waals surface area contributed by atoms with Crippen molar-refractivity contribution in [2.45, 2.75) is 25.5 Å². The van der Waals surface area contributed by atoms with Crippen LogP contribution in [0.4, 0.5) is 5.69 Å². The average Bonchev–Trinajstić information content (AvgIpc) is 3.00. The molecule has 0 saturated carbocycles. The number of non-ortho nitro benzene ring substituents is 1. The molecule has 0 amide bonds. The fourth-order valence-electron chi connectivity index (χ4n) is 1.90. The summed E-state index contributed by atoms with van der Waals surface area (Å²) < 4.78 is 0. The molecule has 6 nitrogen and oxygen atoms in total. The zero-order chi connectivity index (χ0) is 15.5. The molecule has 0 aliphatic heterocycles. The number of nitrogens with zero attached hydrogens (tertiary/aromatic N) is 2. The van der Waals surface area contributed by atoms with Gasteiger partial charge in [-0.1, -0.05) is 0 Å². The predicted molar refractivity (Wildman–Crippen MR) is 81.2 cm³/mol. The molecule has 0 saturated heterocycles. The summed E-state index contributed by atoms with van der Waals surface area (Å²) in [5.41, 5.74) is 0.320. The maximum atomic E-state index is 10.6. The summed E-state index contributed by atoms with van der Waals surface area (Å²) in [7, 11) is 0. The molecule has 0 spiro atoms. The van der Waals surface area contributed by atoms with Gasteiger partial charge in [-0.2, -0.15) is 0 Å². The average molecular weight is 307 g/mol. The minimum absolute atomic E-state index is 0.0158. The van der Waals surface area contributed by atoms with E-state index in [1.54, 1.807) is 29.7 Å². The van der Waals surface area contributed by atoms with Crippen LogP contribution in [0.5, 0.6) is 0 Å². The van der Waals surface area contributed by atoms with E-state index in [0.717, 1.165) is 5.01 Å². The fraction of sp³-hybridized carbons (Fsp3) is 0.357. The van der Waals surface area contributed by atoms with E-state index in [1.807, 2.05) is 19.2 Å². The second-order valence-corrected chi connectivity index (χ2v) is 6.10. The van der Waals surface area contributed by atoms with Crippen molar-refractivity contribution < 1.29 is 10.0 Å². The number of nitrogens with one attached hydrogen (secondary N) is 1. The van der Waals surface area contributed by atoms with Crippen LogP contribution in [0.15, 0.2) is 35.8 Å². The normalized spacial score (nSPS) is 13.1. The van der Waals surface area contributed by atoms with Crippen molar-refractivity contribution in [1.29, 1.82) is 0 Å². The molecule has 112 valence electrons. The van der Waals surface area contributed by atoms with E-state index in [9.17, 15) is 15.2 Å². The van der Waals surface area contributed by atoms with E-state index in [1.165, 1.54) is 12.1 Å². The van der Waals surface area contributed by atoms with Crippen LogP contribution in [-0.2, 0) is 5.54 Å². The lowest BCUT2D eigenvalue weighted by molar-refractivity contribution is -0.384. The Bertz CT molecular complexity index is 596. The number of aliphatic hydroxyl groups excluding tert-OH is 1. The summed E-state index contributed by atoms with van der Waals surface area (Å²) in [6.07, 6.45) is 1.01. The quantitative estimate of drug-likeness (QED) is 0.632. The first-order valence-corrected chi connectivity index (χ1v) is 7.35. The maximum absolute atomic E-state index is 10.6. The molecule has 0 aliphatic carbocycles. The van der Waals surface area contributed by atoms with Crippen LogP contribution in [0, 0.1) is 10.1 Å². The van der Waals surface area contributed by atoms with Crippen LogP contribution >= 0.6 is 11.3 Å². The van der Waals surface area contributed by atoms with Crippen molar-refractivity contribution in [3.8, 4) is 0 Å². The van der Waals surface area contributed by atoms with E-state index in [0.29, 0.717) is 12.1 Å². The van der Waals surface area contributed by atoms with Gasteiger partial charge in [0.15, 0.2) is 0 Å². The molecule has 1 atom stereocenters. The van der Waals surface area contributed by atoms with E-state index < -0.39 is 11.0 Å². The van der Waals surface area contributed by atoms with Gasteiger partial charge >= 0.3 is 0 Å². The first kappa shape index (κ1) is 15.6. The second-order valence-electron chi connectivity index (χ2n) is 5.21. The molecule has 7 heteroatoms. The van der Waals surface area contributed by atoms with E-state index in [-0.39, 0.29) is 11.2 Å². The Morgan fingerprint density at radius 1 is 1.43 bits per heavy atom. The van der Waals surface area contributed by atoms with Crippen LogP contribution in [0.3, 0.4) is 0 Å². The highest BCUT2D eigenvalue weighted by molar-refractivity contribution is 7.09. The molecule has 2 N–H and O–H groups in total. The van der Waals surface area contributed by atoms with Gasteiger partial charge in [-0.3, -0.25) is 10.1 Å². The van der Waals surface area contributed by atoms with Gasteiger partial charge in [0.1, 0.15) is 5.01 Å². The number of benzene rings is 1. The number of rotatable bonds is 6. The third kappa shape index (κ3) is 3.84. The third-order valence-electron chi connectivity index (χ3n) is 3.19. The zero-order valence-electron chi connectivity index (χ0n) is 11.8. The molecule has 1 unspecified atom stereocenters. The van der Waals surface area contributed by atoms with Gasteiger partial charge in [-0.05, 0) is 31.5 Å². The maximum Gasteiger partial charge on any atom is 0.269 e. The third-order valence-corrected chi connectivity index (χ3v) is 4.29. The molecule has 1 heterocycles. The van der Waals surface area contributed by atoms with Gasteiger partial charge in [0, 0.05) is 30.3 Å². The Kier molecular flexibility index (Phi) is 4.66. The van der Waals surface area contributed by atoms with Crippen LogP contribution in [0.2, 0.25) is 0 Å². The summed E-state index contributed by atoms with van der Waals surface area (Å²) in [5, 5.41) is 26.9. The molecule has 0 aliphatic rings. The van der Waals surface area contributed by atoms with Crippen molar-refractivity contribution in [3.05, 3.63) is 56.5 Å². The van der Waals surface area contributed by atoms with Gasteiger partial charge in [0.25, 0.3) is 5.69 Å². The van der Waals surface area contributed by atoms with Crippen LogP contribution in [0.25, 0.3) is 0 Å². The number of nitro groups is 1. The van der Waals surface area contributed by atoms with Crippen molar-refractivity contribution in [3.63, 3.8) is 0 Å².